The van der Waals surface area contributed by atoms with E-state index in [1.807, 2.05) is 0 Å². The highest BCUT2D eigenvalue weighted by Crippen LogP contribution is 2.39. The molecule has 0 saturated carbocycles. The van der Waals surface area contributed by atoms with E-state index >= 15 is 0 Å². The van der Waals surface area contributed by atoms with E-state index in [1.165, 1.54) is 23.9 Å². The number of carbonyl (C=O) groups is 1. The number of aromatic nitrogens is 2. The molecule has 1 unspecified atom stereocenters. The van der Waals surface area contributed by atoms with E-state index in [1.54, 1.807) is 30.3 Å². The monoisotopic (exact) mass is 449 g/mol. The molecule has 2 heterocycles. The van der Waals surface area contributed by atoms with E-state index in [4.69, 9.17) is 23.2 Å². The number of H-pyrrole nitrogens is 1. The van der Waals surface area contributed by atoms with E-state index < -0.39 is 5.92 Å². The van der Waals surface area contributed by atoms with E-state index in [2.05, 4.69) is 15.3 Å². The lowest BCUT2D eigenvalue weighted by Gasteiger charge is -2.25. The maximum atomic E-state index is 13.3. The molecule has 148 valence electrons. The second-order valence-electron chi connectivity index (χ2n) is 6.50. The first-order valence-corrected chi connectivity index (χ1v) is 10.4. The summed E-state index contributed by atoms with van der Waals surface area (Å²) >= 11 is 13.7. The Morgan fingerprint density at radius 2 is 1.97 bits per heavy atom. The van der Waals surface area contributed by atoms with Gasteiger partial charge < -0.3 is 10.3 Å². The van der Waals surface area contributed by atoms with Crippen LogP contribution in [0.2, 0.25) is 10.0 Å². The van der Waals surface area contributed by atoms with Gasteiger partial charge >= 0.3 is 0 Å². The molecule has 4 rings (SSSR count). The summed E-state index contributed by atoms with van der Waals surface area (Å²) in [6.07, 6.45) is 0.0631. The van der Waals surface area contributed by atoms with Gasteiger partial charge in [0.2, 0.25) is 5.91 Å². The molecule has 5 nitrogen and oxygen atoms in total. The number of aromatic amines is 1. The Balaban J connectivity index is 1.69. The van der Waals surface area contributed by atoms with Gasteiger partial charge in [-0.3, -0.25) is 9.59 Å². The van der Waals surface area contributed by atoms with Crippen LogP contribution in [-0.4, -0.2) is 15.9 Å². The molecule has 1 aliphatic heterocycles. The summed E-state index contributed by atoms with van der Waals surface area (Å²) in [5, 5.41) is 3.65. The van der Waals surface area contributed by atoms with Crippen molar-refractivity contribution in [3.63, 3.8) is 0 Å². The largest absolute Gasteiger partial charge is 0.310 e. The van der Waals surface area contributed by atoms with Gasteiger partial charge in [0.25, 0.3) is 5.56 Å². The Bertz CT molecular complexity index is 1170. The Labute approximate surface area is 179 Å². The van der Waals surface area contributed by atoms with Crippen molar-refractivity contribution in [1.29, 1.82) is 0 Å². The van der Waals surface area contributed by atoms with Crippen LogP contribution in [0, 0.1) is 5.82 Å². The van der Waals surface area contributed by atoms with Gasteiger partial charge in [-0.05, 0) is 29.3 Å². The van der Waals surface area contributed by atoms with Gasteiger partial charge in [-0.25, -0.2) is 9.37 Å². The topological polar surface area (TPSA) is 74.8 Å². The third-order valence-electron chi connectivity index (χ3n) is 4.55. The Kier molecular flexibility index (Phi) is 5.63. The fourth-order valence-corrected chi connectivity index (χ4v) is 4.50. The van der Waals surface area contributed by atoms with Crippen molar-refractivity contribution in [3.05, 3.63) is 85.4 Å². The van der Waals surface area contributed by atoms with E-state index in [-0.39, 0.29) is 29.5 Å². The molecule has 1 aromatic heterocycles. The highest BCUT2D eigenvalue weighted by atomic mass is 35.5. The molecule has 9 heteroatoms. The molecular weight excluding hydrogens is 436 g/mol. The maximum Gasteiger partial charge on any atom is 0.257 e. The molecule has 1 amide bonds. The van der Waals surface area contributed by atoms with Crippen molar-refractivity contribution in [2.45, 2.75) is 23.2 Å². The zero-order valence-electron chi connectivity index (χ0n) is 14.8. The van der Waals surface area contributed by atoms with Crippen LogP contribution < -0.4 is 10.9 Å². The number of anilines is 1. The molecule has 0 bridgehead atoms. The second-order valence-corrected chi connectivity index (χ2v) is 8.25. The van der Waals surface area contributed by atoms with E-state index in [0.29, 0.717) is 32.1 Å². The minimum Gasteiger partial charge on any atom is -0.310 e. The Hall–Kier alpha value is -2.35. The summed E-state index contributed by atoms with van der Waals surface area (Å²) in [7, 11) is 0. The number of carbonyl (C=O) groups excluding carboxylic acids is 1. The molecule has 29 heavy (non-hydrogen) atoms. The smallest absolute Gasteiger partial charge is 0.257 e. The SMILES string of the molecule is O=C1CC(c2cccc(Cl)c2Cl)c2c(nc(SCc3cccc(F)c3)[nH]c2=O)N1. The lowest BCUT2D eigenvalue weighted by molar-refractivity contribution is -0.116. The van der Waals surface area contributed by atoms with Crippen molar-refractivity contribution in [2.75, 3.05) is 5.32 Å². The molecule has 2 N–H and O–H groups in total. The first-order chi connectivity index (χ1) is 13.9. The number of halogens is 3. The minimum absolute atomic E-state index is 0.0631. The average molecular weight is 450 g/mol. The second kappa shape index (κ2) is 8.18. The standard InChI is InChI=1S/C20H14Cl2FN3O2S/c21-14-6-2-5-12(17(14)22)13-8-15(27)24-18-16(13)19(28)26-20(25-18)29-9-10-3-1-4-11(23)7-10/h1-7,13H,8-9H2,(H2,24,25,26,27,28). The molecule has 0 aliphatic carbocycles. The van der Waals surface area contributed by atoms with Crippen molar-refractivity contribution >= 4 is 46.7 Å². The fraction of sp³-hybridized carbons (Fsp3) is 0.150. The van der Waals surface area contributed by atoms with Crippen LogP contribution in [0.5, 0.6) is 0 Å². The quantitative estimate of drug-likeness (QED) is 0.434. The molecule has 3 aromatic rings. The van der Waals surface area contributed by atoms with Gasteiger partial charge in [0.05, 0.1) is 15.6 Å². The summed E-state index contributed by atoms with van der Waals surface area (Å²) in [4.78, 5) is 32.2. The van der Waals surface area contributed by atoms with Crippen LogP contribution >= 0.6 is 35.0 Å². The predicted molar refractivity (Wildman–Crippen MR) is 112 cm³/mol. The van der Waals surface area contributed by atoms with Crippen molar-refractivity contribution < 1.29 is 9.18 Å². The van der Waals surface area contributed by atoms with Crippen molar-refractivity contribution in [3.8, 4) is 0 Å². The van der Waals surface area contributed by atoms with Gasteiger partial charge in [0.15, 0.2) is 5.16 Å². The summed E-state index contributed by atoms with van der Waals surface area (Å²) in [5.41, 5.74) is 1.33. The van der Waals surface area contributed by atoms with Crippen LogP contribution in [-0.2, 0) is 10.5 Å². The van der Waals surface area contributed by atoms with Gasteiger partial charge in [-0.15, -0.1) is 0 Å². The highest BCUT2D eigenvalue weighted by molar-refractivity contribution is 7.98. The summed E-state index contributed by atoms with van der Waals surface area (Å²) in [5.74, 6) is -0.533. The Morgan fingerprint density at radius 3 is 2.76 bits per heavy atom. The van der Waals surface area contributed by atoms with Crippen molar-refractivity contribution in [2.24, 2.45) is 0 Å². The van der Waals surface area contributed by atoms with Crippen molar-refractivity contribution in [1.82, 2.24) is 9.97 Å². The number of nitrogens with zero attached hydrogens (tertiary/aromatic N) is 1. The van der Waals surface area contributed by atoms with Crippen LogP contribution in [0.4, 0.5) is 10.2 Å². The maximum absolute atomic E-state index is 13.3. The van der Waals surface area contributed by atoms with E-state index in [9.17, 15) is 14.0 Å². The van der Waals surface area contributed by atoms with Crippen LogP contribution in [0.3, 0.4) is 0 Å². The normalized spacial score (nSPS) is 15.7. The lowest BCUT2D eigenvalue weighted by Crippen LogP contribution is -2.31. The number of amides is 1. The Morgan fingerprint density at radius 1 is 1.17 bits per heavy atom. The molecule has 2 aromatic carbocycles. The number of benzene rings is 2. The molecule has 0 spiro atoms. The summed E-state index contributed by atoms with van der Waals surface area (Å²) in [6.45, 7) is 0. The van der Waals surface area contributed by atoms with Crippen LogP contribution in [0.25, 0.3) is 0 Å². The van der Waals surface area contributed by atoms with Gasteiger partial charge in [0, 0.05) is 18.1 Å². The highest BCUT2D eigenvalue weighted by Gasteiger charge is 2.32. The number of hydrogen-bond donors (Lipinski definition) is 2. The zero-order valence-corrected chi connectivity index (χ0v) is 17.2. The third kappa shape index (κ3) is 4.17. The predicted octanol–water partition coefficient (Wildman–Crippen LogP) is 4.98. The average Bonchev–Trinajstić information content (AvgIpc) is 2.67. The van der Waals surface area contributed by atoms with Crippen LogP contribution in [0.1, 0.15) is 29.0 Å². The number of nitrogens with one attached hydrogen (secondary N) is 2. The molecule has 1 aliphatic rings. The lowest BCUT2D eigenvalue weighted by atomic mass is 9.87. The number of hydrogen-bond acceptors (Lipinski definition) is 4. The van der Waals surface area contributed by atoms with Crippen LogP contribution in [0.15, 0.2) is 52.4 Å². The molecule has 1 atom stereocenters. The fourth-order valence-electron chi connectivity index (χ4n) is 3.25. The number of thioether (sulfide) groups is 1. The van der Waals surface area contributed by atoms with Gasteiger partial charge in [-0.2, -0.15) is 0 Å². The molecular formula is C20H14Cl2FN3O2S. The summed E-state index contributed by atoms with van der Waals surface area (Å²) < 4.78 is 13.3. The molecule has 0 radical (unpaired) electrons. The minimum atomic E-state index is -0.552. The summed E-state index contributed by atoms with van der Waals surface area (Å²) in [6, 6.07) is 11.3. The zero-order chi connectivity index (χ0) is 20.5. The van der Waals surface area contributed by atoms with E-state index in [0.717, 1.165) is 5.56 Å². The first-order valence-electron chi connectivity index (χ1n) is 8.67. The molecule has 0 saturated heterocycles. The number of fused-ring (bicyclic) bond motifs is 1. The number of rotatable bonds is 4. The van der Waals surface area contributed by atoms with Gasteiger partial charge in [-0.1, -0.05) is 59.2 Å². The molecule has 0 fully saturated rings. The van der Waals surface area contributed by atoms with Gasteiger partial charge in [0.1, 0.15) is 11.6 Å². The first kappa shape index (κ1) is 19.9. The third-order valence-corrected chi connectivity index (χ3v) is 6.33.